The Hall–Kier alpha value is 0.0383. The van der Waals surface area contributed by atoms with Crippen molar-refractivity contribution < 1.29 is 21.1 Å². The molecule has 1 rings (SSSR count). The Morgan fingerprint density at radius 2 is 1.11 bits per heavy atom. The van der Waals surface area contributed by atoms with Gasteiger partial charge in [-0.1, -0.05) is 0 Å². The van der Waals surface area contributed by atoms with Gasteiger partial charge in [-0.3, -0.25) is 0 Å². The molecule has 0 saturated heterocycles. The van der Waals surface area contributed by atoms with Crippen LogP contribution in [0.5, 0.6) is 0 Å². The van der Waals surface area contributed by atoms with Gasteiger partial charge in [0.1, 0.15) is 0 Å². The Morgan fingerprint density at radius 3 is 1.22 bits per heavy atom. The molecule has 0 nitrogen and oxygen atoms in total. The summed E-state index contributed by atoms with van der Waals surface area (Å²) in [7, 11) is 0. The van der Waals surface area contributed by atoms with Gasteiger partial charge in [-0.25, -0.2) is 0 Å². The third kappa shape index (κ3) is 11.5. The molecule has 1 heteroatoms. The zero-order chi connectivity index (χ0) is 3.54. The molecule has 0 saturated carbocycles. The summed E-state index contributed by atoms with van der Waals surface area (Å²) in [5.41, 5.74) is 0. The maximum atomic E-state index is 2.62. The summed E-state index contributed by atoms with van der Waals surface area (Å²) in [6.45, 7) is 0. The Kier molecular flexibility index (Phi) is 40.1. The predicted octanol–water partition coefficient (Wildman–Crippen LogP) is 1.95. The maximum absolute atomic E-state index is 2.62. The van der Waals surface area contributed by atoms with E-state index < -0.39 is 0 Å². The molecule has 0 spiro atoms. The van der Waals surface area contributed by atoms with Crippen molar-refractivity contribution in [1.82, 2.24) is 0 Å². The van der Waals surface area contributed by atoms with E-state index in [1.54, 1.807) is 6.07 Å². The predicted molar refractivity (Wildman–Crippen MR) is 36.6 cm³/mol. The van der Waals surface area contributed by atoms with Gasteiger partial charge in [-0.2, -0.15) is 0 Å². The van der Waals surface area contributed by atoms with Crippen molar-refractivity contribution in [3.05, 3.63) is 52.6 Å². The van der Waals surface area contributed by atoms with E-state index in [1.807, 2.05) is 0 Å². The van der Waals surface area contributed by atoms with Crippen LogP contribution in [0.3, 0.4) is 0 Å². The molecule has 1 aromatic carbocycles. The second kappa shape index (κ2) is 15.7. The molecule has 0 atom stereocenters. The van der Waals surface area contributed by atoms with Crippen molar-refractivity contribution in [2.75, 3.05) is 0 Å². The monoisotopic (exact) mass is 301 g/mol. The van der Waals surface area contributed by atoms with Gasteiger partial charge in [0.2, 0.25) is 0 Å². The minimum absolute atomic E-state index is 0. The largest absolute Gasteiger partial charge is 0.999 e. The summed E-state index contributed by atoms with van der Waals surface area (Å²) in [5, 5.41) is 0. The fourth-order valence-electron chi connectivity index (χ4n) is 0.180. The van der Waals surface area contributed by atoms with Crippen LogP contribution in [0, 0.1) is 46.5 Å². The van der Waals surface area contributed by atoms with Crippen LogP contribution in [0.4, 0.5) is 0 Å². The zero-order valence-electron chi connectivity index (χ0n) is 5.89. The van der Waals surface area contributed by atoms with Crippen LogP contribution in [0.15, 0.2) is 6.07 Å². The molecule has 0 bridgehead atoms. The molecular weight excluding hydrogens is 291 g/mol. The Balaban J connectivity index is -0.0000000312. The van der Waals surface area contributed by atoms with Crippen molar-refractivity contribution in [2.45, 2.75) is 0 Å². The topological polar surface area (TPSA) is 0 Å². The van der Waals surface area contributed by atoms with Crippen LogP contribution in [0.1, 0.15) is 0 Å². The van der Waals surface area contributed by atoms with Crippen LogP contribution in [-0.4, -0.2) is 0 Å². The minimum atomic E-state index is 0. The average Bonchev–Trinajstić information content (AvgIpc) is 1.76. The van der Waals surface area contributed by atoms with Crippen LogP contribution >= 0.6 is 0 Å². The Labute approximate surface area is 73.9 Å². The summed E-state index contributed by atoms with van der Waals surface area (Å²) >= 11 is 0. The van der Waals surface area contributed by atoms with Gasteiger partial charge in [-0.15, -0.1) is 0 Å². The molecule has 0 aliphatic carbocycles. The molecule has 60 valence electrons. The van der Waals surface area contributed by atoms with E-state index in [4.69, 9.17) is 0 Å². The van der Waals surface area contributed by atoms with E-state index in [-0.39, 0.29) is 43.3 Å². The first kappa shape index (κ1) is 23.0. The molecule has 0 aliphatic rings. The maximum Gasteiger partial charge on any atom is 0 e. The molecule has 9 heavy (non-hydrogen) atoms. The van der Waals surface area contributed by atoms with Crippen LogP contribution in [0.25, 0.3) is 0 Å². The Morgan fingerprint density at radius 1 is 0.778 bits per heavy atom. The Bertz CT molecular complexity index is 61.0. The summed E-state index contributed by atoms with van der Waals surface area (Å²) in [6.07, 6.45) is 0. The van der Waals surface area contributed by atoms with E-state index in [2.05, 4.69) is 24.3 Å². The van der Waals surface area contributed by atoms with Gasteiger partial charge >= 0.3 is 0 Å². The SMILES string of the molecule is [CH3-].[CH3-].[CH3-].[Pt].[c-]1[c-][c-][cH-][c-]1. The van der Waals surface area contributed by atoms with Gasteiger partial charge in [0, 0.05) is 21.1 Å². The summed E-state index contributed by atoms with van der Waals surface area (Å²) in [5.74, 6) is 0. The number of rotatable bonds is 0. The average molecular weight is 301 g/mol. The minimum Gasteiger partial charge on any atom is -0.999 e. The fourth-order valence-corrected chi connectivity index (χ4v) is 0.180. The van der Waals surface area contributed by atoms with Crippen LogP contribution in [0.2, 0.25) is 0 Å². The standard InChI is InChI=1S/C5H.3CH3.Pt/c1-2-4-5-3-1;;;;/h1H;3*1H3;/q-5;3*-1;. The number of hydrogen-bond acceptors (Lipinski definition) is 0. The van der Waals surface area contributed by atoms with Gasteiger partial charge < -0.3 is 52.6 Å². The quantitative estimate of drug-likeness (QED) is 0.643. The normalized spacial score (nSPS) is 4.44. The molecule has 0 fully saturated rings. The van der Waals surface area contributed by atoms with Gasteiger partial charge in [-0.05, 0) is 0 Å². The van der Waals surface area contributed by atoms with Crippen molar-refractivity contribution in [3.8, 4) is 0 Å². The molecular formula is C8H10Pt-8. The number of hydrogen-bond donors (Lipinski definition) is 0. The zero-order valence-corrected chi connectivity index (χ0v) is 8.17. The van der Waals surface area contributed by atoms with E-state index >= 15 is 0 Å². The van der Waals surface area contributed by atoms with Gasteiger partial charge in [0.05, 0.1) is 0 Å². The van der Waals surface area contributed by atoms with Crippen molar-refractivity contribution >= 4 is 0 Å². The molecule has 0 amide bonds. The molecule has 0 unspecified atom stereocenters. The van der Waals surface area contributed by atoms with E-state index in [9.17, 15) is 0 Å². The summed E-state index contributed by atoms with van der Waals surface area (Å²) < 4.78 is 0. The molecule has 1 aromatic rings. The van der Waals surface area contributed by atoms with Crippen LogP contribution in [-0.2, 0) is 21.1 Å². The van der Waals surface area contributed by atoms with E-state index in [0.29, 0.717) is 0 Å². The summed E-state index contributed by atoms with van der Waals surface area (Å²) in [6, 6.07) is 12.0. The first-order valence-electron chi connectivity index (χ1n) is 1.33. The summed E-state index contributed by atoms with van der Waals surface area (Å²) in [4.78, 5) is 0. The van der Waals surface area contributed by atoms with E-state index in [0.717, 1.165) is 0 Å². The van der Waals surface area contributed by atoms with E-state index in [1.165, 1.54) is 0 Å². The van der Waals surface area contributed by atoms with Crippen molar-refractivity contribution in [2.24, 2.45) is 0 Å². The second-order valence-corrected chi connectivity index (χ2v) is 0.683. The third-order valence-electron chi connectivity index (χ3n) is 0.351. The van der Waals surface area contributed by atoms with Crippen molar-refractivity contribution in [3.63, 3.8) is 0 Å². The molecule has 0 heterocycles. The van der Waals surface area contributed by atoms with Crippen LogP contribution < -0.4 is 0 Å². The molecule has 0 radical (unpaired) electrons. The van der Waals surface area contributed by atoms with Crippen molar-refractivity contribution in [1.29, 1.82) is 0 Å². The molecule has 0 N–H and O–H groups in total. The first-order chi connectivity index (χ1) is 2.50. The van der Waals surface area contributed by atoms with Gasteiger partial charge in [0.15, 0.2) is 0 Å². The molecule has 0 aliphatic heterocycles. The second-order valence-electron chi connectivity index (χ2n) is 0.683. The first-order valence-corrected chi connectivity index (χ1v) is 1.33. The molecule has 0 aromatic heterocycles. The van der Waals surface area contributed by atoms with Gasteiger partial charge in [0.25, 0.3) is 0 Å². The smallest absolute Gasteiger partial charge is 0 e. The third-order valence-corrected chi connectivity index (χ3v) is 0.351. The fraction of sp³-hybridized carbons (Fsp3) is 0.